The van der Waals surface area contributed by atoms with Gasteiger partial charge in [0.05, 0.1) is 13.7 Å². The van der Waals surface area contributed by atoms with Gasteiger partial charge in [0.15, 0.2) is 0 Å². The summed E-state index contributed by atoms with van der Waals surface area (Å²) in [5.41, 5.74) is 0.322. The van der Waals surface area contributed by atoms with Gasteiger partial charge in [-0.15, -0.1) is 0 Å². The van der Waals surface area contributed by atoms with Crippen LogP contribution in [0, 0.1) is 11.3 Å². The lowest BCUT2D eigenvalue weighted by molar-refractivity contribution is 0.169. The van der Waals surface area contributed by atoms with Crippen LogP contribution in [0.5, 0.6) is 11.5 Å². The molecule has 0 spiro atoms. The van der Waals surface area contributed by atoms with Crippen molar-refractivity contribution in [3.05, 3.63) is 24.3 Å². The van der Waals surface area contributed by atoms with Crippen LogP contribution in [0.25, 0.3) is 0 Å². The van der Waals surface area contributed by atoms with Crippen molar-refractivity contribution >= 4 is 31.9 Å². The summed E-state index contributed by atoms with van der Waals surface area (Å²) >= 11 is 7.49. The molecule has 0 atom stereocenters. The number of benzene rings is 1. The molecule has 0 aliphatic heterocycles. The molecule has 0 heterocycles. The zero-order chi connectivity index (χ0) is 15.1. The largest absolute Gasteiger partial charge is 0.497 e. The van der Waals surface area contributed by atoms with Crippen molar-refractivity contribution in [3.63, 3.8) is 0 Å². The van der Waals surface area contributed by atoms with E-state index >= 15 is 0 Å². The van der Waals surface area contributed by atoms with Crippen LogP contribution in [0.4, 0.5) is 0 Å². The fourth-order valence-electron chi connectivity index (χ4n) is 3.17. The molecule has 0 N–H and O–H groups in total. The molecular formula is C17H24Br2O2. The predicted octanol–water partition coefficient (Wildman–Crippen LogP) is 5.43. The molecule has 2 rings (SSSR count). The highest BCUT2D eigenvalue weighted by Gasteiger charge is 2.38. The Kier molecular flexibility index (Phi) is 6.87. The fourth-order valence-corrected chi connectivity index (χ4v) is 5.58. The lowest BCUT2D eigenvalue weighted by Gasteiger charge is -2.36. The van der Waals surface area contributed by atoms with Crippen molar-refractivity contribution in [1.82, 2.24) is 0 Å². The van der Waals surface area contributed by atoms with E-state index in [1.165, 1.54) is 25.7 Å². The van der Waals surface area contributed by atoms with E-state index in [1.54, 1.807) is 7.11 Å². The molecule has 0 amide bonds. The molecule has 118 valence electrons. The molecule has 1 aromatic rings. The molecule has 1 saturated carbocycles. The van der Waals surface area contributed by atoms with Gasteiger partial charge in [0, 0.05) is 10.7 Å². The lowest BCUT2D eigenvalue weighted by atomic mass is 9.75. The topological polar surface area (TPSA) is 18.5 Å². The van der Waals surface area contributed by atoms with Crippen molar-refractivity contribution in [3.8, 4) is 11.5 Å². The Bertz CT molecular complexity index is 409. The summed E-state index contributed by atoms with van der Waals surface area (Å²) in [6.07, 6.45) is 6.57. The molecule has 1 aliphatic rings. The maximum Gasteiger partial charge on any atom is 0.119 e. The first-order valence-corrected chi connectivity index (χ1v) is 9.87. The Balaban J connectivity index is 1.89. The van der Waals surface area contributed by atoms with Crippen LogP contribution in [-0.4, -0.2) is 24.4 Å². The number of halogens is 2. The van der Waals surface area contributed by atoms with Gasteiger partial charge in [-0.3, -0.25) is 0 Å². The third kappa shape index (κ3) is 4.38. The Labute approximate surface area is 144 Å². The molecule has 4 heteroatoms. The minimum atomic E-state index is 0.322. The molecule has 21 heavy (non-hydrogen) atoms. The van der Waals surface area contributed by atoms with E-state index in [9.17, 15) is 0 Å². The van der Waals surface area contributed by atoms with Crippen molar-refractivity contribution in [1.29, 1.82) is 0 Å². The molecule has 1 aliphatic carbocycles. The minimum Gasteiger partial charge on any atom is -0.497 e. The van der Waals surface area contributed by atoms with Gasteiger partial charge in [0.1, 0.15) is 11.5 Å². The molecule has 0 saturated heterocycles. The van der Waals surface area contributed by atoms with Crippen LogP contribution in [0.2, 0.25) is 0 Å². The monoisotopic (exact) mass is 418 g/mol. The second kappa shape index (κ2) is 8.42. The van der Waals surface area contributed by atoms with Gasteiger partial charge in [-0.1, -0.05) is 44.7 Å². The fraction of sp³-hybridized carbons (Fsp3) is 0.647. The number of methoxy groups -OCH3 is 1. The lowest BCUT2D eigenvalue weighted by Crippen LogP contribution is -2.34. The summed E-state index contributed by atoms with van der Waals surface area (Å²) in [4.78, 5) is 0. The van der Waals surface area contributed by atoms with Crippen LogP contribution in [-0.2, 0) is 0 Å². The van der Waals surface area contributed by atoms with Crippen molar-refractivity contribution < 1.29 is 9.47 Å². The summed E-state index contributed by atoms with van der Waals surface area (Å²) in [7, 11) is 1.68. The summed E-state index contributed by atoms with van der Waals surface area (Å²) in [6, 6.07) is 7.82. The average molecular weight is 420 g/mol. The molecular weight excluding hydrogens is 396 g/mol. The SMILES string of the molecule is COc1ccc(OCCC(CBr)(CBr)C2CCCC2)cc1. The quantitative estimate of drug-likeness (QED) is 0.523. The zero-order valence-electron chi connectivity index (χ0n) is 12.6. The van der Waals surface area contributed by atoms with E-state index in [2.05, 4.69) is 31.9 Å². The van der Waals surface area contributed by atoms with Crippen molar-refractivity contribution in [2.24, 2.45) is 11.3 Å². The molecule has 0 unspecified atom stereocenters. The average Bonchev–Trinajstić information content (AvgIpc) is 3.07. The second-order valence-electron chi connectivity index (χ2n) is 5.89. The van der Waals surface area contributed by atoms with Crippen molar-refractivity contribution in [2.45, 2.75) is 32.1 Å². The molecule has 0 aromatic heterocycles. The summed E-state index contributed by atoms with van der Waals surface area (Å²) in [5.74, 6) is 2.60. The van der Waals surface area contributed by atoms with Gasteiger partial charge < -0.3 is 9.47 Å². The zero-order valence-corrected chi connectivity index (χ0v) is 15.8. The van der Waals surface area contributed by atoms with Gasteiger partial charge in [0.25, 0.3) is 0 Å². The highest BCUT2D eigenvalue weighted by atomic mass is 79.9. The van der Waals surface area contributed by atoms with Gasteiger partial charge >= 0.3 is 0 Å². The maximum absolute atomic E-state index is 5.93. The standard InChI is InChI=1S/C17H24Br2O2/c1-20-15-6-8-16(9-7-15)21-11-10-17(12-18,13-19)14-4-2-3-5-14/h6-9,14H,2-5,10-13H2,1H3. The van der Waals surface area contributed by atoms with Gasteiger partial charge in [-0.25, -0.2) is 0 Å². The first-order valence-electron chi connectivity index (χ1n) is 7.63. The second-order valence-corrected chi connectivity index (χ2v) is 7.01. The van der Waals surface area contributed by atoms with Crippen molar-refractivity contribution in [2.75, 3.05) is 24.4 Å². The normalized spacial score (nSPS) is 16.1. The summed E-state index contributed by atoms with van der Waals surface area (Å²) in [6.45, 7) is 0.764. The van der Waals surface area contributed by atoms with E-state index in [1.807, 2.05) is 24.3 Å². The predicted molar refractivity (Wildman–Crippen MR) is 95.1 cm³/mol. The molecule has 1 aromatic carbocycles. The number of rotatable bonds is 8. The van der Waals surface area contributed by atoms with E-state index in [4.69, 9.17) is 9.47 Å². The van der Waals surface area contributed by atoms with Gasteiger partial charge in [-0.05, 0) is 54.9 Å². The van der Waals surface area contributed by atoms with E-state index in [0.29, 0.717) is 5.41 Å². The highest BCUT2D eigenvalue weighted by Crippen LogP contribution is 2.44. The van der Waals surface area contributed by atoms with E-state index < -0.39 is 0 Å². The molecule has 2 nitrogen and oxygen atoms in total. The molecule has 0 radical (unpaired) electrons. The maximum atomic E-state index is 5.93. The molecule has 1 fully saturated rings. The first-order chi connectivity index (χ1) is 10.2. The Morgan fingerprint density at radius 1 is 1.05 bits per heavy atom. The number of ether oxygens (including phenoxy) is 2. The Morgan fingerprint density at radius 3 is 2.14 bits per heavy atom. The van der Waals surface area contributed by atoms with Crippen LogP contribution in [0.1, 0.15) is 32.1 Å². The van der Waals surface area contributed by atoms with Gasteiger partial charge in [0.2, 0.25) is 0 Å². The third-order valence-electron chi connectivity index (χ3n) is 4.68. The molecule has 0 bridgehead atoms. The third-order valence-corrected chi connectivity index (χ3v) is 6.92. The van der Waals surface area contributed by atoms with Crippen LogP contribution in [0.15, 0.2) is 24.3 Å². The Morgan fingerprint density at radius 2 is 1.62 bits per heavy atom. The number of hydrogen-bond acceptors (Lipinski definition) is 2. The van der Waals surface area contributed by atoms with E-state index in [-0.39, 0.29) is 0 Å². The summed E-state index contributed by atoms with van der Waals surface area (Å²) in [5, 5.41) is 2.09. The first kappa shape index (κ1) is 17.1. The number of alkyl halides is 2. The Hall–Kier alpha value is -0.220. The van der Waals surface area contributed by atoms with Crippen LogP contribution < -0.4 is 9.47 Å². The number of hydrogen-bond donors (Lipinski definition) is 0. The smallest absolute Gasteiger partial charge is 0.119 e. The van der Waals surface area contributed by atoms with Gasteiger partial charge in [-0.2, -0.15) is 0 Å². The summed E-state index contributed by atoms with van der Waals surface area (Å²) < 4.78 is 11.1. The highest BCUT2D eigenvalue weighted by molar-refractivity contribution is 9.09. The van der Waals surface area contributed by atoms with E-state index in [0.717, 1.165) is 41.1 Å². The van der Waals surface area contributed by atoms with Crippen LogP contribution in [0.3, 0.4) is 0 Å². The minimum absolute atomic E-state index is 0.322. The van der Waals surface area contributed by atoms with Crippen LogP contribution >= 0.6 is 31.9 Å².